The normalized spacial score (nSPS) is 20.9. The molecule has 7 heteroatoms. The van der Waals surface area contributed by atoms with Gasteiger partial charge in [0.15, 0.2) is 0 Å². The van der Waals surface area contributed by atoms with Gasteiger partial charge in [-0.15, -0.1) is 0 Å². The Morgan fingerprint density at radius 3 is 2.76 bits per heavy atom. The van der Waals surface area contributed by atoms with Crippen molar-refractivity contribution >= 4 is 39.4 Å². The highest BCUT2D eigenvalue weighted by atomic mass is 32.1. The number of para-hydroxylation sites is 1. The third-order valence-corrected chi connectivity index (χ3v) is 7.50. The van der Waals surface area contributed by atoms with Gasteiger partial charge in [-0.05, 0) is 54.1 Å². The summed E-state index contributed by atoms with van der Waals surface area (Å²) in [4.78, 5) is 17.2. The molecule has 1 aliphatic carbocycles. The first kappa shape index (κ1) is 21.9. The van der Waals surface area contributed by atoms with E-state index < -0.39 is 0 Å². The number of methoxy groups -OCH3 is 1. The smallest absolute Gasteiger partial charge is 0.244 e. The van der Waals surface area contributed by atoms with Crippen molar-refractivity contribution in [1.29, 1.82) is 0 Å². The summed E-state index contributed by atoms with van der Waals surface area (Å²) in [5, 5.41) is 4.33. The quantitative estimate of drug-likeness (QED) is 0.515. The molecule has 0 spiro atoms. The number of anilines is 1. The molecule has 1 aliphatic heterocycles. The van der Waals surface area contributed by atoms with Gasteiger partial charge in [-0.1, -0.05) is 30.3 Å². The molecule has 2 aromatic carbocycles. The number of benzene rings is 2. The van der Waals surface area contributed by atoms with Crippen LogP contribution in [0.1, 0.15) is 12.0 Å². The van der Waals surface area contributed by atoms with E-state index in [-0.39, 0.29) is 5.91 Å². The highest BCUT2D eigenvalue weighted by molar-refractivity contribution is 7.13. The topological polar surface area (TPSA) is 57.7 Å². The van der Waals surface area contributed by atoms with E-state index in [9.17, 15) is 4.79 Å². The molecular weight excluding hydrogens is 432 g/mol. The van der Waals surface area contributed by atoms with Crippen molar-refractivity contribution in [2.45, 2.75) is 6.42 Å². The molecule has 1 N–H and O–H groups in total. The maximum atomic E-state index is 12.2. The maximum Gasteiger partial charge on any atom is 0.244 e. The fraction of sp³-hybridized carbons (Fsp3) is 0.385. The minimum absolute atomic E-state index is 0.0457. The maximum absolute atomic E-state index is 12.2. The number of carbonyl (C=O) groups is 1. The van der Waals surface area contributed by atoms with E-state index >= 15 is 0 Å². The zero-order chi connectivity index (χ0) is 22.6. The van der Waals surface area contributed by atoms with Gasteiger partial charge >= 0.3 is 0 Å². The standard InChI is InChI=1S/C26H30N4O2S/c1-32-23-8-4-2-6-19(23)10-11-25(31)27-17-20-16-21(20)18-29-12-14-30(15-13-29)26-22-7-3-5-9-24(22)33-28-26/h2-11,20-21H,12-18H2,1H3,(H,27,31)/b11-10+/t20-,21-/m1/s1. The third kappa shape index (κ3) is 5.20. The molecule has 3 aromatic rings. The van der Waals surface area contributed by atoms with Gasteiger partial charge in [0.2, 0.25) is 5.91 Å². The number of hydrogen-bond donors (Lipinski definition) is 1. The van der Waals surface area contributed by atoms with Gasteiger partial charge in [-0.2, -0.15) is 4.37 Å². The van der Waals surface area contributed by atoms with Crippen LogP contribution < -0.4 is 15.0 Å². The highest BCUT2D eigenvalue weighted by Gasteiger charge is 2.38. The molecule has 2 fully saturated rings. The van der Waals surface area contributed by atoms with Crippen LogP contribution in [0.2, 0.25) is 0 Å². The van der Waals surface area contributed by atoms with Gasteiger partial charge in [0.05, 0.1) is 11.8 Å². The monoisotopic (exact) mass is 462 g/mol. The van der Waals surface area contributed by atoms with E-state index in [0.29, 0.717) is 11.8 Å². The number of fused-ring (bicyclic) bond motifs is 1. The Kier molecular flexibility index (Phi) is 6.60. The van der Waals surface area contributed by atoms with E-state index in [0.717, 1.165) is 56.4 Å². The summed E-state index contributed by atoms with van der Waals surface area (Å²) in [5.74, 6) is 3.15. The molecule has 0 radical (unpaired) electrons. The first-order valence-electron chi connectivity index (χ1n) is 11.6. The van der Waals surface area contributed by atoms with Gasteiger partial charge in [-0.3, -0.25) is 9.69 Å². The Morgan fingerprint density at radius 1 is 1.12 bits per heavy atom. The molecule has 1 saturated heterocycles. The van der Waals surface area contributed by atoms with Crippen LogP contribution in [-0.4, -0.2) is 61.6 Å². The van der Waals surface area contributed by atoms with Crippen LogP contribution in [0.5, 0.6) is 5.75 Å². The lowest BCUT2D eigenvalue weighted by Gasteiger charge is -2.35. The van der Waals surface area contributed by atoms with Gasteiger partial charge in [-0.25, -0.2) is 0 Å². The van der Waals surface area contributed by atoms with Crippen molar-refractivity contribution in [3.8, 4) is 5.75 Å². The summed E-state index contributed by atoms with van der Waals surface area (Å²) >= 11 is 1.59. The number of nitrogens with one attached hydrogen (secondary N) is 1. The summed E-state index contributed by atoms with van der Waals surface area (Å²) < 4.78 is 11.3. The molecule has 1 aromatic heterocycles. The molecule has 5 rings (SSSR count). The average Bonchev–Trinajstić information content (AvgIpc) is 3.46. The molecule has 6 nitrogen and oxygen atoms in total. The van der Waals surface area contributed by atoms with Crippen LogP contribution in [0.4, 0.5) is 5.82 Å². The van der Waals surface area contributed by atoms with Crippen molar-refractivity contribution < 1.29 is 9.53 Å². The molecule has 2 atom stereocenters. The van der Waals surface area contributed by atoms with Gasteiger partial charge in [0, 0.05) is 56.3 Å². The van der Waals surface area contributed by atoms with Crippen LogP contribution in [-0.2, 0) is 4.79 Å². The lowest BCUT2D eigenvalue weighted by atomic mass is 10.2. The zero-order valence-electron chi connectivity index (χ0n) is 18.9. The minimum atomic E-state index is -0.0457. The third-order valence-electron chi connectivity index (χ3n) is 6.68. The number of rotatable bonds is 8. The fourth-order valence-corrected chi connectivity index (χ4v) is 5.41. The lowest BCUT2D eigenvalue weighted by Crippen LogP contribution is -2.47. The number of piperazine rings is 1. The summed E-state index contributed by atoms with van der Waals surface area (Å²) in [7, 11) is 1.64. The molecule has 1 amide bonds. The Labute approximate surface area is 199 Å². The highest BCUT2D eigenvalue weighted by Crippen LogP contribution is 2.39. The first-order valence-corrected chi connectivity index (χ1v) is 12.4. The first-order chi connectivity index (χ1) is 16.2. The van der Waals surface area contributed by atoms with Crippen molar-refractivity contribution in [3.05, 3.63) is 60.2 Å². The number of aromatic nitrogens is 1. The van der Waals surface area contributed by atoms with Crippen LogP contribution in [0.25, 0.3) is 16.2 Å². The van der Waals surface area contributed by atoms with Crippen LogP contribution in [0, 0.1) is 11.8 Å². The Balaban J connectivity index is 1.04. The number of ether oxygens (including phenoxy) is 1. The Hall–Kier alpha value is -2.90. The van der Waals surface area contributed by atoms with E-state index in [4.69, 9.17) is 9.11 Å². The SMILES string of the molecule is COc1ccccc1/C=C/C(=O)NC[C@H]1C[C@@H]1CN1CCN(c2nsc3ccccc23)CC1. The number of hydrogen-bond acceptors (Lipinski definition) is 6. The lowest BCUT2D eigenvalue weighted by molar-refractivity contribution is -0.116. The van der Waals surface area contributed by atoms with Crippen molar-refractivity contribution in [1.82, 2.24) is 14.6 Å². The molecule has 33 heavy (non-hydrogen) atoms. The molecule has 2 aliphatic rings. The van der Waals surface area contributed by atoms with Crippen LogP contribution in [0.15, 0.2) is 54.6 Å². The summed E-state index contributed by atoms with van der Waals surface area (Å²) in [6.07, 6.45) is 4.60. The number of carbonyl (C=O) groups excluding carboxylic acids is 1. The van der Waals surface area contributed by atoms with Gasteiger partial charge in [0.1, 0.15) is 11.6 Å². The fourth-order valence-electron chi connectivity index (χ4n) is 4.62. The predicted octanol–water partition coefficient (Wildman–Crippen LogP) is 3.89. The molecule has 172 valence electrons. The number of amides is 1. The summed E-state index contributed by atoms with van der Waals surface area (Å²) in [5.41, 5.74) is 0.907. The van der Waals surface area contributed by atoms with Crippen LogP contribution in [0.3, 0.4) is 0 Å². The summed E-state index contributed by atoms with van der Waals surface area (Å²) in [6.45, 7) is 6.07. The summed E-state index contributed by atoms with van der Waals surface area (Å²) in [6, 6.07) is 16.2. The predicted molar refractivity (Wildman–Crippen MR) is 135 cm³/mol. The van der Waals surface area contributed by atoms with E-state index in [1.165, 1.54) is 16.5 Å². The second kappa shape index (κ2) is 9.93. The second-order valence-electron chi connectivity index (χ2n) is 8.87. The van der Waals surface area contributed by atoms with Gasteiger partial charge in [0.25, 0.3) is 0 Å². The van der Waals surface area contributed by atoms with Crippen LogP contribution >= 0.6 is 11.5 Å². The molecule has 0 bridgehead atoms. The van der Waals surface area contributed by atoms with E-state index in [1.807, 2.05) is 30.3 Å². The Morgan fingerprint density at radius 2 is 1.91 bits per heavy atom. The largest absolute Gasteiger partial charge is 0.496 e. The minimum Gasteiger partial charge on any atom is -0.496 e. The number of nitrogens with zero attached hydrogens (tertiary/aromatic N) is 3. The second-order valence-corrected chi connectivity index (χ2v) is 9.67. The molecule has 2 heterocycles. The van der Waals surface area contributed by atoms with Gasteiger partial charge < -0.3 is 15.0 Å². The Bertz CT molecular complexity index is 1140. The van der Waals surface area contributed by atoms with Crippen molar-refractivity contribution in [3.63, 3.8) is 0 Å². The zero-order valence-corrected chi connectivity index (χ0v) is 19.8. The van der Waals surface area contributed by atoms with Crippen molar-refractivity contribution in [2.75, 3.05) is 51.3 Å². The van der Waals surface area contributed by atoms with E-state index in [2.05, 4.69) is 39.4 Å². The molecule has 0 unspecified atom stereocenters. The average molecular weight is 463 g/mol. The molecule has 1 saturated carbocycles. The van der Waals surface area contributed by atoms with E-state index in [1.54, 1.807) is 24.7 Å². The van der Waals surface area contributed by atoms with Crippen molar-refractivity contribution in [2.24, 2.45) is 11.8 Å². The molecular formula is C26H30N4O2S.